The molecule has 0 aliphatic heterocycles. The van der Waals surface area contributed by atoms with Crippen LogP contribution in [0.15, 0.2) is 24.5 Å². The number of aromatic nitrogens is 2. The molecule has 1 N–H and O–H groups in total. The molecule has 102 valence electrons. The van der Waals surface area contributed by atoms with E-state index >= 15 is 0 Å². The fourth-order valence-corrected chi connectivity index (χ4v) is 2.56. The molecule has 0 aromatic carbocycles. The largest absolute Gasteiger partial charge is 0.481 e. The summed E-state index contributed by atoms with van der Waals surface area (Å²) in [7, 11) is 1.62. The van der Waals surface area contributed by atoms with Crippen LogP contribution in [0.2, 0.25) is 0 Å². The molecule has 0 spiro atoms. The third-order valence-electron chi connectivity index (χ3n) is 2.91. The van der Waals surface area contributed by atoms with Crippen molar-refractivity contribution in [3.05, 3.63) is 40.0 Å². The molecule has 0 amide bonds. The fourth-order valence-electron chi connectivity index (χ4n) is 1.68. The number of hydrogen-bond acceptors (Lipinski definition) is 5. The van der Waals surface area contributed by atoms with Gasteiger partial charge in [0.05, 0.1) is 13.2 Å². The fraction of sp³-hybridized carbons (Fsp3) is 0.429. The summed E-state index contributed by atoms with van der Waals surface area (Å²) in [5.74, 6) is 0.643. The molecule has 0 saturated heterocycles. The van der Waals surface area contributed by atoms with Crippen molar-refractivity contribution in [2.45, 2.75) is 32.9 Å². The molecule has 4 nitrogen and oxygen atoms in total. The maximum Gasteiger partial charge on any atom is 0.212 e. The molecule has 1 unspecified atom stereocenters. The van der Waals surface area contributed by atoms with E-state index in [9.17, 15) is 0 Å². The number of rotatable bonds is 6. The zero-order chi connectivity index (χ0) is 13.7. The average molecular weight is 277 g/mol. The molecular formula is C14H19N3OS. The van der Waals surface area contributed by atoms with Crippen LogP contribution in [0, 0.1) is 0 Å². The summed E-state index contributed by atoms with van der Waals surface area (Å²) in [5, 5.41) is 4.59. The monoisotopic (exact) mass is 277 g/mol. The Balaban J connectivity index is 1.90. The number of nitrogens with zero attached hydrogens (tertiary/aromatic N) is 2. The number of thiazole rings is 1. The molecule has 5 heteroatoms. The summed E-state index contributed by atoms with van der Waals surface area (Å²) in [6.45, 7) is 5.06. The van der Waals surface area contributed by atoms with E-state index < -0.39 is 0 Å². The van der Waals surface area contributed by atoms with Gasteiger partial charge in [-0.15, -0.1) is 11.3 Å². The normalized spacial score (nSPS) is 12.4. The van der Waals surface area contributed by atoms with Crippen molar-refractivity contribution in [1.82, 2.24) is 15.3 Å². The van der Waals surface area contributed by atoms with Crippen LogP contribution in [-0.4, -0.2) is 17.1 Å². The molecular weight excluding hydrogens is 258 g/mol. The Bertz CT molecular complexity index is 510. The van der Waals surface area contributed by atoms with Gasteiger partial charge in [-0.05, 0) is 18.9 Å². The predicted molar refractivity (Wildman–Crippen MR) is 77.5 cm³/mol. The van der Waals surface area contributed by atoms with E-state index in [0.29, 0.717) is 5.88 Å². The SMILES string of the molecule is CCc1cnc(C(C)NCc2ccc(OC)nc2)s1. The number of pyridine rings is 1. The summed E-state index contributed by atoms with van der Waals surface area (Å²) in [4.78, 5) is 9.97. The van der Waals surface area contributed by atoms with Crippen molar-refractivity contribution < 1.29 is 4.74 Å². The minimum atomic E-state index is 0.257. The van der Waals surface area contributed by atoms with E-state index in [1.165, 1.54) is 4.88 Å². The van der Waals surface area contributed by atoms with Gasteiger partial charge in [-0.2, -0.15) is 0 Å². The third kappa shape index (κ3) is 3.75. The van der Waals surface area contributed by atoms with Crippen molar-refractivity contribution >= 4 is 11.3 Å². The van der Waals surface area contributed by atoms with Crippen LogP contribution in [0.4, 0.5) is 0 Å². The summed E-state index contributed by atoms with van der Waals surface area (Å²) < 4.78 is 5.04. The first-order valence-corrected chi connectivity index (χ1v) is 7.21. The van der Waals surface area contributed by atoms with Crippen LogP contribution in [0.1, 0.15) is 35.3 Å². The van der Waals surface area contributed by atoms with Crippen LogP contribution < -0.4 is 10.1 Å². The van der Waals surface area contributed by atoms with Gasteiger partial charge < -0.3 is 10.1 Å². The highest BCUT2D eigenvalue weighted by molar-refractivity contribution is 7.11. The zero-order valence-corrected chi connectivity index (χ0v) is 12.3. The zero-order valence-electron chi connectivity index (χ0n) is 11.5. The van der Waals surface area contributed by atoms with Gasteiger partial charge >= 0.3 is 0 Å². The van der Waals surface area contributed by atoms with Gasteiger partial charge in [0, 0.05) is 29.9 Å². The summed E-state index contributed by atoms with van der Waals surface area (Å²) in [5.41, 5.74) is 1.14. The van der Waals surface area contributed by atoms with Crippen LogP contribution in [0.3, 0.4) is 0 Å². The second-order valence-corrected chi connectivity index (χ2v) is 5.48. The second-order valence-electron chi connectivity index (χ2n) is 4.33. The molecule has 0 saturated carbocycles. The summed E-state index contributed by atoms with van der Waals surface area (Å²) >= 11 is 1.77. The summed E-state index contributed by atoms with van der Waals surface area (Å²) in [6.07, 6.45) is 4.85. The van der Waals surface area contributed by atoms with Crippen molar-refractivity contribution in [3.8, 4) is 5.88 Å². The lowest BCUT2D eigenvalue weighted by Crippen LogP contribution is -2.17. The highest BCUT2D eigenvalue weighted by atomic mass is 32.1. The molecule has 2 aromatic rings. The van der Waals surface area contributed by atoms with Gasteiger partial charge in [-0.1, -0.05) is 13.0 Å². The van der Waals surface area contributed by atoms with E-state index in [1.54, 1.807) is 18.4 Å². The van der Waals surface area contributed by atoms with Gasteiger partial charge in [0.25, 0.3) is 0 Å². The third-order valence-corrected chi connectivity index (χ3v) is 4.23. The Morgan fingerprint density at radius 2 is 2.16 bits per heavy atom. The molecule has 0 fully saturated rings. The van der Waals surface area contributed by atoms with Gasteiger partial charge in [0.2, 0.25) is 5.88 Å². The van der Waals surface area contributed by atoms with E-state index in [4.69, 9.17) is 4.74 Å². The molecule has 0 aliphatic rings. The van der Waals surface area contributed by atoms with E-state index in [0.717, 1.165) is 23.5 Å². The molecule has 2 aromatic heterocycles. The van der Waals surface area contributed by atoms with Crippen LogP contribution in [0.25, 0.3) is 0 Å². The topological polar surface area (TPSA) is 47.0 Å². The Morgan fingerprint density at radius 1 is 1.32 bits per heavy atom. The number of nitrogens with one attached hydrogen (secondary N) is 1. The lowest BCUT2D eigenvalue weighted by molar-refractivity contribution is 0.397. The van der Waals surface area contributed by atoms with Gasteiger partial charge in [0.1, 0.15) is 5.01 Å². The maximum absolute atomic E-state index is 5.04. The van der Waals surface area contributed by atoms with Crippen molar-refractivity contribution in [2.24, 2.45) is 0 Å². The molecule has 19 heavy (non-hydrogen) atoms. The smallest absolute Gasteiger partial charge is 0.212 e. The summed E-state index contributed by atoms with van der Waals surface area (Å²) in [6, 6.07) is 4.15. The standard InChI is InChI=1S/C14H19N3OS/c1-4-12-9-17-14(19-12)10(2)15-7-11-5-6-13(18-3)16-8-11/h5-6,8-10,15H,4,7H2,1-3H3. The number of ether oxygens (including phenoxy) is 1. The van der Waals surface area contributed by atoms with E-state index in [1.807, 2.05) is 24.5 Å². The maximum atomic E-state index is 5.04. The number of hydrogen-bond donors (Lipinski definition) is 1. The van der Waals surface area contributed by atoms with Gasteiger partial charge in [-0.25, -0.2) is 9.97 Å². The molecule has 0 aliphatic carbocycles. The number of aryl methyl sites for hydroxylation is 1. The van der Waals surface area contributed by atoms with Crippen LogP contribution in [-0.2, 0) is 13.0 Å². The first-order valence-electron chi connectivity index (χ1n) is 6.39. The number of methoxy groups -OCH3 is 1. The Morgan fingerprint density at radius 3 is 2.74 bits per heavy atom. The highest BCUT2D eigenvalue weighted by Crippen LogP contribution is 2.20. The van der Waals surface area contributed by atoms with Crippen LogP contribution >= 0.6 is 11.3 Å². The van der Waals surface area contributed by atoms with Crippen molar-refractivity contribution in [3.63, 3.8) is 0 Å². The van der Waals surface area contributed by atoms with E-state index in [-0.39, 0.29) is 6.04 Å². The van der Waals surface area contributed by atoms with Crippen molar-refractivity contribution in [2.75, 3.05) is 7.11 Å². The Kier molecular flexibility index (Phi) is 4.87. The van der Waals surface area contributed by atoms with Gasteiger partial charge in [-0.3, -0.25) is 0 Å². The van der Waals surface area contributed by atoms with Crippen LogP contribution in [0.5, 0.6) is 5.88 Å². The first kappa shape index (κ1) is 14.0. The molecule has 2 rings (SSSR count). The Hall–Kier alpha value is -1.46. The second kappa shape index (κ2) is 6.63. The highest BCUT2D eigenvalue weighted by Gasteiger charge is 2.09. The molecule has 0 radical (unpaired) electrons. The van der Waals surface area contributed by atoms with Gasteiger partial charge in [0.15, 0.2) is 0 Å². The lowest BCUT2D eigenvalue weighted by Gasteiger charge is -2.11. The molecule has 1 atom stereocenters. The quantitative estimate of drug-likeness (QED) is 0.882. The predicted octanol–water partition coefficient (Wildman–Crippen LogP) is 2.96. The molecule has 2 heterocycles. The minimum Gasteiger partial charge on any atom is -0.481 e. The Labute approximate surface area is 117 Å². The first-order chi connectivity index (χ1) is 9.22. The molecule has 0 bridgehead atoms. The van der Waals surface area contributed by atoms with Crippen molar-refractivity contribution in [1.29, 1.82) is 0 Å². The average Bonchev–Trinajstić information content (AvgIpc) is 2.94. The van der Waals surface area contributed by atoms with E-state index in [2.05, 4.69) is 29.1 Å². The minimum absolute atomic E-state index is 0.257. The lowest BCUT2D eigenvalue weighted by atomic mass is 10.2.